The van der Waals surface area contributed by atoms with Crippen molar-refractivity contribution < 1.29 is 32.4 Å². The second-order valence-corrected chi connectivity index (χ2v) is 17.5. The summed E-state index contributed by atoms with van der Waals surface area (Å²) in [5, 5.41) is 10.8. The van der Waals surface area contributed by atoms with Crippen molar-refractivity contribution in [2.24, 2.45) is 28.1 Å². The minimum Gasteiger partial charge on any atom is -0.353 e. The number of nitrogens with one attached hydrogen (secondary N) is 4. The van der Waals surface area contributed by atoms with Crippen molar-refractivity contribution in [1.82, 2.24) is 30.5 Å². The number of Topliss-reactive ketones (excluding diaryl/α,β-unsaturated/α-hetero) is 1. The van der Waals surface area contributed by atoms with Gasteiger partial charge in [-0.25, -0.2) is 17.5 Å². The van der Waals surface area contributed by atoms with Crippen molar-refractivity contribution in [2.45, 2.75) is 106 Å². The predicted octanol–water partition coefficient (Wildman–Crippen LogP) is 1.48. The average molecular weight is 657 g/mol. The Labute approximate surface area is 269 Å². The number of fused-ring (bicyclic) bond motifs is 1. The van der Waals surface area contributed by atoms with Crippen molar-refractivity contribution in [3.8, 4) is 0 Å². The highest BCUT2D eigenvalue weighted by molar-refractivity contribution is 7.88. The van der Waals surface area contributed by atoms with E-state index >= 15 is 0 Å². The summed E-state index contributed by atoms with van der Waals surface area (Å²) in [4.78, 5) is 68.0. The van der Waals surface area contributed by atoms with Crippen LogP contribution in [0.25, 0.3) is 0 Å². The highest BCUT2D eigenvalue weighted by atomic mass is 32.2. The summed E-state index contributed by atoms with van der Waals surface area (Å²) in [5.74, 6) is -2.53. The molecule has 13 nitrogen and oxygen atoms in total. The minimum atomic E-state index is -3.50. The van der Waals surface area contributed by atoms with Gasteiger partial charge >= 0.3 is 6.03 Å². The number of likely N-dealkylation sites (N-methyl/N-ethyl adjacent to an activating group) is 2. The molecular weight excluding hydrogens is 600 g/mol. The second-order valence-electron chi connectivity index (χ2n) is 15.4. The Hall–Kier alpha value is -2.74. The fourth-order valence-electron chi connectivity index (χ4n) is 6.10. The lowest BCUT2D eigenvalue weighted by atomic mass is 9.85. The maximum absolute atomic E-state index is 14.2. The summed E-state index contributed by atoms with van der Waals surface area (Å²) in [5.41, 5.74) is -1.46. The van der Waals surface area contributed by atoms with Crippen molar-refractivity contribution in [3.63, 3.8) is 0 Å². The number of likely N-dealkylation sites (tertiary alicyclic amines) is 1. The van der Waals surface area contributed by atoms with Crippen LogP contribution in [0.2, 0.25) is 0 Å². The molecule has 1 heterocycles. The van der Waals surface area contributed by atoms with Gasteiger partial charge in [0.1, 0.15) is 12.1 Å². The van der Waals surface area contributed by atoms with Crippen molar-refractivity contribution in [3.05, 3.63) is 0 Å². The first-order valence-corrected chi connectivity index (χ1v) is 17.6. The van der Waals surface area contributed by atoms with Crippen LogP contribution in [-0.4, -0.2) is 105 Å². The molecule has 14 heteroatoms. The number of hydrogen-bond acceptors (Lipinski definition) is 7. The Kier molecular flexibility index (Phi) is 11.9. The first-order chi connectivity index (χ1) is 20.4. The highest BCUT2D eigenvalue weighted by Gasteiger charge is 2.70. The van der Waals surface area contributed by atoms with Gasteiger partial charge in [-0.2, -0.15) is 0 Å². The molecular formula is C31H56N6O7S. The van der Waals surface area contributed by atoms with Crippen LogP contribution in [0.3, 0.4) is 0 Å². The Morgan fingerprint density at radius 2 is 1.56 bits per heavy atom. The molecule has 0 spiro atoms. The number of piperidine rings is 1. The molecule has 1 aliphatic heterocycles. The van der Waals surface area contributed by atoms with Gasteiger partial charge in [-0.1, -0.05) is 75.2 Å². The van der Waals surface area contributed by atoms with E-state index < -0.39 is 74.6 Å². The number of unbranched alkanes of at least 4 members (excludes halogenated alkanes) is 1. The SMILES string of the molecule is CCCCC(NC(=O)[C@@H]1[C@@H]2[C@H](CN1C(=O)[C@@H](NC(=O)N[C@H](CN(C)S(C)(=O)=O)C(C)(C)C)C(C)(C)C)C2(C)C)C(=O)C(=O)NC. The van der Waals surface area contributed by atoms with Crippen LogP contribution in [-0.2, 0) is 29.2 Å². The molecule has 1 aliphatic carbocycles. The van der Waals surface area contributed by atoms with Crippen molar-refractivity contribution >= 4 is 39.6 Å². The van der Waals surface area contributed by atoms with E-state index in [0.29, 0.717) is 19.4 Å². The Morgan fingerprint density at radius 1 is 0.978 bits per heavy atom. The van der Waals surface area contributed by atoms with Crippen molar-refractivity contribution in [2.75, 3.05) is 33.4 Å². The van der Waals surface area contributed by atoms with Gasteiger partial charge in [0.25, 0.3) is 5.91 Å². The number of sulfonamides is 1. The number of nitrogens with zero attached hydrogens (tertiary/aromatic N) is 2. The lowest BCUT2D eigenvalue weighted by Gasteiger charge is -2.39. The fourth-order valence-corrected chi connectivity index (χ4v) is 6.52. The van der Waals surface area contributed by atoms with Crippen LogP contribution in [0.15, 0.2) is 0 Å². The van der Waals surface area contributed by atoms with E-state index in [4.69, 9.17) is 0 Å². The van der Waals surface area contributed by atoms with Gasteiger partial charge in [-0.05, 0) is 34.5 Å². The van der Waals surface area contributed by atoms with Crippen LogP contribution in [0.4, 0.5) is 4.79 Å². The quantitative estimate of drug-likeness (QED) is 0.217. The summed E-state index contributed by atoms with van der Waals surface area (Å²) in [6.45, 7) is 17.5. The zero-order valence-corrected chi connectivity index (χ0v) is 30.0. The molecule has 45 heavy (non-hydrogen) atoms. The lowest BCUT2D eigenvalue weighted by Crippen LogP contribution is -2.62. The second kappa shape index (κ2) is 13.9. The van der Waals surface area contributed by atoms with Crippen LogP contribution >= 0.6 is 0 Å². The summed E-state index contributed by atoms with van der Waals surface area (Å²) in [7, 11) is -0.698. The molecule has 1 unspecified atom stereocenters. The zero-order valence-electron chi connectivity index (χ0n) is 29.2. The van der Waals surface area contributed by atoms with E-state index in [9.17, 15) is 32.4 Å². The molecule has 258 valence electrons. The summed E-state index contributed by atoms with van der Waals surface area (Å²) in [6, 6.07) is -4.13. The molecule has 2 rings (SSSR count). The third-order valence-electron chi connectivity index (χ3n) is 9.44. The van der Waals surface area contributed by atoms with Crippen LogP contribution in [0.5, 0.6) is 0 Å². The normalized spacial score (nSPS) is 23.0. The molecule has 0 aromatic heterocycles. The molecule has 4 N–H and O–H groups in total. The van der Waals surface area contributed by atoms with Crippen LogP contribution in [0.1, 0.15) is 81.6 Å². The van der Waals surface area contributed by atoms with E-state index in [1.807, 2.05) is 62.3 Å². The van der Waals surface area contributed by atoms with E-state index in [2.05, 4.69) is 21.3 Å². The average Bonchev–Trinajstić information content (AvgIpc) is 3.22. The molecule has 0 radical (unpaired) electrons. The molecule has 0 aromatic rings. The van der Waals surface area contributed by atoms with Crippen LogP contribution < -0.4 is 21.3 Å². The van der Waals surface area contributed by atoms with Gasteiger partial charge in [0.05, 0.1) is 12.3 Å². The molecule has 1 saturated carbocycles. The third-order valence-corrected chi connectivity index (χ3v) is 10.7. The van der Waals surface area contributed by atoms with Gasteiger partial charge in [-0.15, -0.1) is 0 Å². The topological polar surface area (TPSA) is 174 Å². The molecule has 2 fully saturated rings. The van der Waals surface area contributed by atoms with Crippen LogP contribution in [0, 0.1) is 28.1 Å². The summed E-state index contributed by atoms with van der Waals surface area (Å²) < 4.78 is 25.3. The lowest BCUT2D eigenvalue weighted by molar-refractivity contribution is -0.145. The number of hydrogen-bond donors (Lipinski definition) is 4. The Bertz CT molecular complexity index is 1250. The van der Waals surface area contributed by atoms with E-state index in [-0.39, 0.29) is 23.8 Å². The molecule has 2 aliphatic rings. The number of amides is 5. The number of carbonyl (C=O) groups is 5. The van der Waals surface area contributed by atoms with Gasteiger partial charge in [0.2, 0.25) is 27.6 Å². The molecule has 1 saturated heterocycles. The van der Waals surface area contributed by atoms with Gasteiger partial charge < -0.3 is 26.2 Å². The summed E-state index contributed by atoms with van der Waals surface area (Å²) >= 11 is 0. The van der Waals surface area contributed by atoms with E-state index in [1.54, 1.807) is 0 Å². The number of ketones is 1. The first-order valence-electron chi connectivity index (χ1n) is 15.7. The van der Waals surface area contributed by atoms with E-state index in [1.165, 1.54) is 23.3 Å². The maximum Gasteiger partial charge on any atom is 0.315 e. The molecule has 0 bridgehead atoms. The largest absolute Gasteiger partial charge is 0.353 e. The highest BCUT2D eigenvalue weighted by Crippen LogP contribution is 2.65. The first kappa shape index (κ1) is 38.4. The standard InChI is InChI=1S/C31H56N6O7S/c1-13-14-15-19(23(38)26(40)32-10)33-25(39)22-21-18(31(21,8)9)16-37(22)27(41)24(30(5,6)7)35-28(42)34-20(29(2,3)4)17-36(11)45(12,43)44/h18-22,24H,13-17H2,1-12H3,(H,32,40)(H,33,39)(H2,34,35,42)/t18-,19?,20+,21-,22-,24+/m0/s1. The van der Waals surface area contributed by atoms with E-state index in [0.717, 1.165) is 12.7 Å². The van der Waals surface area contributed by atoms with Gasteiger partial charge in [-0.3, -0.25) is 19.2 Å². The smallest absolute Gasteiger partial charge is 0.315 e. The number of rotatable bonds is 13. The molecule has 5 amide bonds. The molecule has 6 atom stereocenters. The number of urea groups is 1. The summed E-state index contributed by atoms with van der Waals surface area (Å²) in [6.07, 6.45) is 2.78. The van der Waals surface area contributed by atoms with Gasteiger partial charge in [0, 0.05) is 33.2 Å². The number of carbonyl (C=O) groups excluding carboxylic acids is 5. The Balaban J connectivity index is 2.34. The minimum absolute atomic E-state index is 0.0324. The zero-order chi connectivity index (χ0) is 34.9. The predicted molar refractivity (Wildman–Crippen MR) is 172 cm³/mol. The maximum atomic E-state index is 14.2. The molecule has 0 aromatic carbocycles. The fraction of sp³-hybridized carbons (Fsp3) is 0.839. The van der Waals surface area contributed by atoms with Gasteiger partial charge in [0.15, 0.2) is 0 Å². The monoisotopic (exact) mass is 656 g/mol. The Morgan fingerprint density at radius 3 is 2.02 bits per heavy atom. The third kappa shape index (κ3) is 9.17. The van der Waals surface area contributed by atoms with Crippen molar-refractivity contribution in [1.29, 1.82) is 0 Å².